The van der Waals surface area contributed by atoms with E-state index in [1.807, 2.05) is 6.07 Å². The number of unbranched alkanes of at least 4 members (excludes halogenated alkanes) is 1. The average molecular weight is 445 g/mol. The molecular formula is C15H24BrCl2N3O3. The largest absolute Gasteiger partial charge is 0.502 e. The highest BCUT2D eigenvalue weighted by Gasteiger charge is 2.28. The van der Waals surface area contributed by atoms with Gasteiger partial charge >= 0.3 is 5.69 Å². The Morgan fingerprint density at radius 2 is 2.00 bits per heavy atom. The van der Waals surface area contributed by atoms with Gasteiger partial charge < -0.3 is 10.4 Å². The predicted molar refractivity (Wildman–Crippen MR) is 104 cm³/mol. The second kappa shape index (κ2) is 11.1. The van der Waals surface area contributed by atoms with E-state index in [1.54, 1.807) is 0 Å². The number of piperazine rings is 1. The lowest BCUT2D eigenvalue weighted by atomic mass is 9.97. The summed E-state index contributed by atoms with van der Waals surface area (Å²) in [6.45, 7) is 5.69. The van der Waals surface area contributed by atoms with E-state index in [9.17, 15) is 15.2 Å². The number of hydrogen-bond acceptors (Lipinski definition) is 5. The van der Waals surface area contributed by atoms with Crippen LogP contribution < -0.4 is 5.32 Å². The lowest BCUT2D eigenvalue weighted by Gasteiger charge is -2.35. The summed E-state index contributed by atoms with van der Waals surface area (Å²) in [5.74, 6) is -0.201. The van der Waals surface area contributed by atoms with Gasteiger partial charge in [-0.25, -0.2) is 0 Å². The molecule has 0 aromatic heterocycles. The van der Waals surface area contributed by atoms with Crippen LogP contribution in [0.4, 0.5) is 5.69 Å². The molecular weight excluding hydrogens is 421 g/mol. The summed E-state index contributed by atoms with van der Waals surface area (Å²) >= 11 is 3.33. The lowest BCUT2D eigenvalue weighted by molar-refractivity contribution is -0.386. The summed E-state index contributed by atoms with van der Waals surface area (Å²) in [5, 5.41) is 24.8. The van der Waals surface area contributed by atoms with Gasteiger partial charge in [0.15, 0.2) is 5.75 Å². The molecule has 0 saturated carbocycles. The molecule has 1 heterocycles. The molecule has 1 aliphatic rings. The number of phenolic OH excluding ortho intramolecular Hbond substituents is 1. The highest BCUT2D eigenvalue weighted by Crippen LogP contribution is 2.40. The van der Waals surface area contributed by atoms with Gasteiger partial charge in [0.05, 0.1) is 4.92 Å². The molecule has 2 N–H and O–H groups in total. The lowest BCUT2D eigenvalue weighted by Crippen LogP contribution is -2.45. The number of nitro benzene ring substituents is 1. The van der Waals surface area contributed by atoms with E-state index in [0.29, 0.717) is 10.0 Å². The van der Waals surface area contributed by atoms with Crippen molar-refractivity contribution in [1.29, 1.82) is 0 Å². The van der Waals surface area contributed by atoms with Crippen LogP contribution >= 0.6 is 40.7 Å². The minimum Gasteiger partial charge on any atom is -0.502 e. The van der Waals surface area contributed by atoms with Crippen LogP contribution in [-0.2, 0) is 0 Å². The summed E-state index contributed by atoms with van der Waals surface area (Å²) in [7, 11) is 0. The molecule has 1 aromatic rings. The molecule has 0 amide bonds. The van der Waals surface area contributed by atoms with Crippen LogP contribution in [0.5, 0.6) is 5.75 Å². The van der Waals surface area contributed by atoms with Crippen molar-refractivity contribution in [2.24, 2.45) is 0 Å². The van der Waals surface area contributed by atoms with Crippen LogP contribution in [0, 0.1) is 10.1 Å². The third-order valence-electron chi connectivity index (χ3n) is 4.06. The Morgan fingerprint density at radius 3 is 2.54 bits per heavy atom. The first kappa shape index (κ1) is 23.4. The van der Waals surface area contributed by atoms with Crippen LogP contribution in [0.15, 0.2) is 16.6 Å². The van der Waals surface area contributed by atoms with E-state index in [4.69, 9.17) is 0 Å². The average Bonchev–Trinajstić information content (AvgIpc) is 2.51. The fraction of sp³-hybridized carbons (Fsp3) is 0.600. The molecule has 6 nitrogen and oxygen atoms in total. The second-order valence-electron chi connectivity index (χ2n) is 5.56. The molecule has 0 radical (unpaired) electrons. The first-order valence-corrected chi connectivity index (χ1v) is 8.45. The van der Waals surface area contributed by atoms with Gasteiger partial charge in [-0.1, -0.05) is 35.7 Å². The summed E-state index contributed by atoms with van der Waals surface area (Å²) < 4.78 is 0.628. The minimum absolute atomic E-state index is 0. The third kappa shape index (κ3) is 5.74. The second-order valence-corrected chi connectivity index (χ2v) is 6.48. The van der Waals surface area contributed by atoms with E-state index in [0.717, 1.165) is 45.4 Å². The smallest absolute Gasteiger partial charge is 0.312 e. The minimum atomic E-state index is -0.530. The number of phenols is 1. The van der Waals surface area contributed by atoms with Crippen LogP contribution in [0.25, 0.3) is 0 Å². The molecule has 2 rings (SSSR count). The van der Waals surface area contributed by atoms with Crippen LogP contribution in [0.2, 0.25) is 0 Å². The topological polar surface area (TPSA) is 78.6 Å². The van der Waals surface area contributed by atoms with E-state index in [1.165, 1.54) is 6.07 Å². The monoisotopic (exact) mass is 443 g/mol. The molecule has 0 unspecified atom stereocenters. The van der Waals surface area contributed by atoms with Crippen LogP contribution in [0.1, 0.15) is 37.8 Å². The Labute approximate surface area is 163 Å². The molecule has 1 fully saturated rings. The normalized spacial score (nSPS) is 15.9. The molecule has 9 heteroatoms. The number of nitrogens with zero attached hydrogens (tertiary/aromatic N) is 2. The number of halogens is 3. The number of nitro groups is 1. The Balaban J connectivity index is 0.00000264. The van der Waals surface area contributed by atoms with Gasteiger partial charge in [0.25, 0.3) is 0 Å². The fourth-order valence-corrected chi connectivity index (χ4v) is 3.39. The van der Waals surface area contributed by atoms with Crippen molar-refractivity contribution in [3.05, 3.63) is 32.3 Å². The zero-order valence-corrected chi connectivity index (χ0v) is 16.8. The Morgan fingerprint density at radius 1 is 1.38 bits per heavy atom. The van der Waals surface area contributed by atoms with Crippen LogP contribution in [0.3, 0.4) is 0 Å². The predicted octanol–water partition coefficient (Wildman–Crippen LogP) is 4.04. The molecule has 0 aliphatic carbocycles. The maximum Gasteiger partial charge on any atom is 0.312 e. The summed E-state index contributed by atoms with van der Waals surface area (Å²) in [6.07, 6.45) is 2.96. The standard InChI is InChI=1S/C15H22BrN3O3.2ClH/c1-2-3-4-13(18-7-5-17-6-8-18)12-9-11(16)10-14(15(12)20)19(21)22;;/h9-10,13,17,20H,2-8H2,1H3;2*1H/t13-;;/m1../s1. The van der Waals surface area contributed by atoms with Crippen molar-refractivity contribution in [2.75, 3.05) is 26.2 Å². The maximum absolute atomic E-state index is 11.1. The van der Waals surface area contributed by atoms with E-state index >= 15 is 0 Å². The van der Waals surface area contributed by atoms with E-state index in [-0.39, 0.29) is 42.3 Å². The van der Waals surface area contributed by atoms with E-state index < -0.39 is 4.92 Å². The number of rotatable bonds is 6. The Bertz CT molecular complexity index is 543. The van der Waals surface area contributed by atoms with E-state index in [2.05, 4.69) is 33.1 Å². The molecule has 24 heavy (non-hydrogen) atoms. The van der Waals surface area contributed by atoms with Gasteiger partial charge in [-0.15, -0.1) is 24.8 Å². The summed E-state index contributed by atoms with van der Waals surface area (Å²) in [6, 6.07) is 3.18. The van der Waals surface area contributed by atoms with Gasteiger partial charge in [0.1, 0.15) is 0 Å². The van der Waals surface area contributed by atoms with Gasteiger partial charge in [0.2, 0.25) is 0 Å². The quantitative estimate of drug-likeness (QED) is 0.511. The first-order chi connectivity index (χ1) is 10.5. The number of benzene rings is 1. The van der Waals surface area contributed by atoms with Crippen molar-refractivity contribution in [1.82, 2.24) is 10.2 Å². The third-order valence-corrected chi connectivity index (χ3v) is 4.52. The number of aromatic hydroxyl groups is 1. The molecule has 1 aromatic carbocycles. The number of hydrogen-bond donors (Lipinski definition) is 2. The van der Waals surface area contributed by atoms with Crippen molar-refractivity contribution >= 4 is 46.4 Å². The molecule has 0 spiro atoms. The van der Waals surface area contributed by atoms with Gasteiger partial charge in [-0.05, 0) is 12.5 Å². The highest BCUT2D eigenvalue weighted by atomic mass is 79.9. The molecule has 138 valence electrons. The van der Waals surface area contributed by atoms with Crippen molar-refractivity contribution in [3.63, 3.8) is 0 Å². The zero-order valence-electron chi connectivity index (χ0n) is 13.5. The van der Waals surface area contributed by atoms with Gasteiger partial charge in [-0.3, -0.25) is 15.0 Å². The fourth-order valence-electron chi connectivity index (χ4n) is 2.92. The zero-order chi connectivity index (χ0) is 16.1. The summed E-state index contributed by atoms with van der Waals surface area (Å²) in [4.78, 5) is 12.9. The maximum atomic E-state index is 11.1. The van der Waals surface area contributed by atoms with Crippen molar-refractivity contribution < 1.29 is 10.0 Å². The molecule has 0 bridgehead atoms. The van der Waals surface area contributed by atoms with Crippen LogP contribution in [-0.4, -0.2) is 41.1 Å². The van der Waals surface area contributed by atoms with Gasteiger partial charge in [0, 0.05) is 48.3 Å². The SMILES string of the molecule is CCCC[C@H](c1cc(Br)cc([N+](=O)[O-])c1O)N1CCNCC1.Cl.Cl. The molecule has 1 aliphatic heterocycles. The van der Waals surface area contributed by atoms with Gasteiger partial charge in [-0.2, -0.15) is 0 Å². The molecule has 1 saturated heterocycles. The first-order valence-electron chi connectivity index (χ1n) is 7.66. The van der Waals surface area contributed by atoms with Crippen molar-refractivity contribution in [2.45, 2.75) is 32.2 Å². The Hall–Kier alpha value is -0.600. The Kier molecular flexibility index (Phi) is 10.8. The highest BCUT2D eigenvalue weighted by molar-refractivity contribution is 9.10. The summed E-state index contributed by atoms with van der Waals surface area (Å²) in [5.41, 5.74) is 0.414. The molecule has 1 atom stereocenters. The van der Waals surface area contributed by atoms with Crippen molar-refractivity contribution in [3.8, 4) is 5.75 Å². The number of nitrogens with one attached hydrogen (secondary N) is 1.